The Bertz CT molecular complexity index is 907. The zero-order valence-corrected chi connectivity index (χ0v) is 19.3. The van der Waals surface area contributed by atoms with Gasteiger partial charge in [-0.25, -0.2) is 0 Å². The largest absolute Gasteiger partial charge is 0.490 e. The van der Waals surface area contributed by atoms with E-state index in [1.165, 1.54) is 6.08 Å². The van der Waals surface area contributed by atoms with Crippen molar-refractivity contribution in [2.24, 2.45) is 0 Å². The molecule has 0 aliphatic rings. The number of allylic oxidation sites excluding steroid dienone is 1. The number of carbonyl (C=O) groups is 2. The maximum absolute atomic E-state index is 12.6. The summed E-state index contributed by atoms with van der Waals surface area (Å²) in [6.45, 7) is 12.9. The molecular formula is C24H33N3O4. The molecule has 1 aromatic heterocycles. The van der Waals surface area contributed by atoms with Crippen molar-refractivity contribution in [1.29, 1.82) is 0 Å². The molecule has 0 spiro atoms. The quantitative estimate of drug-likeness (QED) is 0.396. The fourth-order valence-corrected chi connectivity index (χ4v) is 3.33. The van der Waals surface area contributed by atoms with Gasteiger partial charge < -0.3 is 14.4 Å². The topological polar surface area (TPSA) is 73.7 Å². The van der Waals surface area contributed by atoms with Gasteiger partial charge in [0.1, 0.15) is 0 Å². The third kappa shape index (κ3) is 6.70. The van der Waals surface area contributed by atoms with E-state index in [4.69, 9.17) is 9.47 Å². The van der Waals surface area contributed by atoms with Crippen molar-refractivity contribution < 1.29 is 19.1 Å². The Labute approximate surface area is 184 Å². The van der Waals surface area contributed by atoms with Crippen LogP contribution in [0.2, 0.25) is 0 Å². The summed E-state index contributed by atoms with van der Waals surface area (Å²) >= 11 is 0. The van der Waals surface area contributed by atoms with Crippen LogP contribution in [0, 0.1) is 0 Å². The average molecular weight is 428 g/mol. The molecular weight excluding hydrogens is 394 g/mol. The molecule has 168 valence electrons. The number of carbonyl (C=O) groups excluding carboxylic acids is 2. The van der Waals surface area contributed by atoms with Gasteiger partial charge in [0.2, 0.25) is 0 Å². The highest BCUT2D eigenvalue weighted by Gasteiger charge is 2.21. The van der Waals surface area contributed by atoms with Crippen molar-refractivity contribution in [2.45, 2.75) is 60.2 Å². The van der Waals surface area contributed by atoms with Crippen LogP contribution in [0.5, 0.6) is 11.5 Å². The number of ketones is 1. The third-order valence-electron chi connectivity index (χ3n) is 4.69. The van der Waals surface area contributed by atoms with Gasteiger partial charge in [-0.2, -0.15) is 5.10 Å². The first-order valence-electron chi connectivity index (χ1n) is 10.7. The number of benzene rings is 1. The number of aryl methyl sites for hydroxylation is 1. The molecule has 1 heterocycles. The highest BCUT2D eigenvalue weighted by molar-refractivity contribution is 6.06. The molecule has 31 heavy (non-hydrogen) atoms. The molecule has 0 radical (unpaired) electrons. The number of aromatic nitrogens is 2. The predicted octanol–water partition coefficient (Wildman–Crippen LogP) is 4.22. The molecule has 0 atom stereocenters. The van der Waals surface area contributed by atoms with Crippen LogP contribution < -0.4 is 9.47 Å². The minimum Gasteiger partial charge on any atom is -0.490 e. The van der Waals surface area contributed by atoms with Crippen LogP contribution in [0.4, 0.5) is 0 Å². The van der Waals surface area contributed by atoms with E-state index in [9.17, 15) is 9.59 Å². The SMILES string of the molecule is CCOc1cc(/C=C/C(=O)c2cnn(CC)c2)ccc1OCC(=O)N(C(C)C)C(C)C. The van der Waals surface area contributed by atoms with E-state index in [0.29, 0.717) is 30.2 Å². The minimum atomic E-state index is -0.119. The van der Waals surface area contributed by atoms with Crippen molar-refractivity contribution in [3.05, 3.63) is 47.8 Å². The van der Waals surface area contributed by atoms with Gasteiger partial charge in [-0.1, -0.05) is 12.1 Å². The molecule has 0 saturated carbocycles. The molecule has 1 amide bonds. The van der Waals surface area contributed by atoms with E-state index in [-0.39, 0.29) is 30.4 Å². The minimum absolute atomic E-state index is 0.0640. The van der Waals surface area contributed by atoms with Gasteiger partial charge in [-0.05, 0) is 65.3 Å². The van der Waals surface area contributed by atoms with Crippen molar-refractivity contribution in [1.82, 2.24) is 14.7 Å². The Hall–Kier alpha value is -3.09. The Balaban J connectivity index is 2.11. The Morgan fingerprint density at radius 2 is 1.81 bits per heavy atom. The summed E-state index contributed by atoms with van der Waals surface area (Å²) in [5.74, 6) is 0.834. The standard InChI is InChI=1S/C24H33N3O4/c1-7-26-15-20(14-25-26)21(28)11-9-19-10-12-22(23(13-19)30-8-2)31-16-24(29)27(17(3)4)18(5)6/h9-15,17-18H,7-8,16H2,1-6H3/b11-9+. The maximum atomic E-state index is 12.6. The Morgan fingerprint density at radius 1 is 1.10 bits per heavy atom. The molecule has 0 N–H and O–H groups in total. The van der Waals surface area contributed by atoms with E-state index in [1.54, 1.807) is 40.2 Å². The summed E-state index contributed by atoms with van der Waals surface area (Å²) in [6, 6.07) is 5.57. The molecule has 2 aromatic rings. The van der Waals surface area contributed by atoms with Crippen LogP contribution in [0.1, 0.15) is 57.5 Å². The summed E-state index contributed by atoms with van der Waals surface area (Å²) in [6.07, 6.45) is 6.52. The lowest BCUT2D eigenvalue weighted by Crippen LogP contribution is -2.44. The number of ether oxygens (including phenoxy) is 2. The first-order chi connectivity index (χ1) is 14.8. The van der Waals surface area contributed by atoms with Crippen LogP contribution in [0.3, 0.4) is 0 Å². The van der Waals surface area contributed by atoms with Gasteiger partial charge >= 0.3 is 0 Å². The summed E-state index contributed by atoms with van der Waals surface area (Å²) in [4.78, 5) is 26.7. The van der Waals surface area contributed by atoms with Gasteiger partial charge in [0.15, 0.2) is 23.9 Å². The lowest BCUT2D eigenvalue weighted by molar-refractivity contribution is -0.137. The molecule has 7 heteroatoms. The van der Waals surface area contributed by atoms with Crippen molar-refractivity contribution in [2.75, 3.05) is 13.2 Å². The number of hydrogen-bond acceptors (Lipinski definition) is 5. The fourth-order valence-electron chi connectivity index (χ4n) is 3.33. The van der Waals surface area contributed by atoms with Gasteiger partial charge in [-0.15, -0.1) is 0 Å². The summed E-state index contributed by atoms with van der Waals surface area (Å²) < 4.78 is 13.2. The zero-order valence-electron chi connectivity index (χ0n) is 19.3. The molecule has 0 saturated heterocycles. The first-order valence-corrected chi connectivity index (χ1v) is 10.7. The zero-order chi connectivity index (χ0) is 23.0. The van der Waals surface area contributed by atoms with E-state index in [2.05, 4.69) is 5.10 Å². The van der Waals surface area contributed by atoms with E-state index in [0.717, 1.165) is 5.56 Å². The monoisotopic (exact) mass is 427 g/mol. The first kappa shape index (κ1) is 24.2. The predicted molar refractivity (Wildman–Crippen MR) is 121 cm³/mol. The van der Waals surface area contributed by atoms with Crippen LogP contribution in [0.15, 0.2) is 36.7 Å². The lowest BCUT2D eigenvalue weighted by Gasteiger charge is -2.30. The molecule has 0 bridgehead atoms. The molecule has 7 nitrogen and oxygen atoms in total. The molecule has 2 rings (SSSR count). The van der Waals surface area contributed by atoms with Gasteiger partial charge in [-0.3, -0.25) is 14.3 Å². The van der Waals surface area contributed by atoms with E-state index in [1.807, 2.05) is 47.6 Å². The smallest absolute Gasteiger partial charge is 0.260 e. The number of amides is 1. The number of rotatable bonds is 11. The van der Waals surface area contributed by atoms with Gasteiger partial charge in [0, 0.05) is 24.8 Å². The normalized spacial score (nSPS) is 11.4. The van der Waals surface area contributed by atoms with Crippen molar-refractivity contribution >= 4 is 17.8 Å². The maximum Gasteiger partial charge on any atom is 0.260 e. The van der Waals surface area contributed by atoms with Crippen LogP contribution >= 0.6 is 0 Å². The third-order valence-corrected chi connectivity index (χ3v) is 4.69. The van der Waals surface area contributed by atoms with Gasteiger partial charge in [0.25, 0.3) is 5.91 Å². The average Bonchev–Trinajstić information content (AvgIpc) is 3.20. The van der Waals surface area contributed by atoms with Crippen LogP contribution in [0.25, 0.3) is 6.08 Å². The molecule has 0 aliphatic heterocycles. The Morgan fingerprint density at radius 3 is 2.39 bits per heavy atom. The van der Waals surface area contributed by atoms with E-state index < -0.39 is 0 Å². The molecule has 0 unspecified atom stereocenters. The van der Waals surface area contributed by atoms with Gasteiger partial charge in [0.05, 0.1) is 18.4 Å². The van der Waals surface area contributed by atoms with Crippen LogP contribution in [-0.2, 0) is 11.3 Å². The fraction of sp³-hybridized carbons (Fsp3) is 0.458. The van der Waals surface area contributed by atoms with Crippen molar-refractivity contribution in [3.8, 4) is 11.5 Å². The van der Waals surface area contributed by atoms with Crippen molar-refractivity contribution in [3.63, 3.8) is 0 Å². The summed E-state index contributed by atoms with van der Waals surface area (Å²) in [5.41, 5.74) is 1.34. The highest BCUT2D eigenvalue weighted by atomic mass is 16.5. The second kappa shape index (κ2) is 11.3. The Kier molecular flexibility index (Phi) is 8.85. The highest BCUT2D eigenvalue weighted by Crippen LogP contribution is 2.29. The van der Waals surface area contributed by atoms with E-state index >= 15 is 0 Å². The molecule has 0 fully saturated rings. The van der Waals surface area contributed by atoms with Crippen LogP contribution in [-0.4, -0.2) is 51.7 Å². The number of nitrogens with zero attached hydrogens (tertiary/aromatic N) is 3. The second-order valence-electron chi connectivity index (χ2n) is 7.70. The molecule has 1 aromatic carbocycles. The molecule has 0 aliphatic carbocycles. The lowest BCUT2D eigenvalue weighted by atomic mass is 10.1. The second-order valence-corrected chi connectivity index (χ2v) is 7.70. The summed E-state index contributed by atoms with van der Waals surface area (Å²) in [5, 5.41) is 4.12. The summed E-state index contributed by atoms with van der Waals surface area (Å²) in [7, 11) is 0. The number of hydrogen-bond donors (Lipinski definition) is 0.